The van der Waals surface area contributed by atoms with Crippen molar-refractivity contribution in [1.29, 1.82) is 0 Å². The van der Waals surface area contributed by atoms with E-state index in [0.717, 1.165) is 16.5 Å². The standard InChI is InChI=1S/C21H21N3O3/c1-12-5-7-18-15(9-12)10-17(13(2)22-18)21(26)24-16-6-8-20(27-4)19(11-16)23-14(3)25/h5-11H,1-4H3,(H,23,25)(H,24,26). The van der Waals surface area contributed by atoms with E-state index in [4.69, 9.17) is 4.74 Å². The van der Waals surface area contributed by atoms with Gasteiger partial charge in [0.25, 0.3) is 5.91 Å². The van der Waals surface area contributed by atoms with Gasteiger partial charge in [0.15, 0.2) is 0 Å². The van der Waals surface area contributed by atoms with Gasteiger partial charge in [-0.05, 0) is 50.2 Å². The number of pyridine rings is 1. The Labute approximate surface area is 157 Å². The first-order valence-electron chi connectivity index (χ1n) is 8.52. The average molecular weight is 363 g/mol. The monoisotopic (exact) mass is 363 g/mol. The van der Waals surface area contributed by atoms with E-state index in [1.165, 1.54) is 14.0 Å². The van der Waals surface area contributed by atoms with Gasteiger partial charge in [-0.3, -0.25) is 14.6 Å². The Hall–Kier alpha value is -3.41. The summed E-state index contributed by atoms with van der Waals surface area (Å²) >= 11 is 0. The van der Waals surface area contributed by atoms with Crippen LogP contribution in [-0.4, -0.2) is 23.9 Å². The van der Waals surface area contributed by atoms with E-state index < -0.39 is 0 Å². The topological polar surface area (TPSA) is 80.3 Å². The van der Waals surface area contributed by atoms with Crippen LogP contribution in [0.1, 0.15) is 28.5 Å². The minimum atomic E-state index is -0.262. The molecule has 0 saturated heterocycles. The molecule has 1 heterocycles. The number of benzene rings is 2. The van der Waals surface area contributed by atoms with E-state index in [2.05, 4.69) is 15.6 Å². The molecule has 0 radical (unpaired) electrons. The number of fused-ring (bicyclic) bond motifs is 1. The Bertz CT molecular complexity index is 1040. The Morgan fingerprint density at radius 2 is 1.78 bits per heavy atom. The number of rotatable bonds is 4. The van der Waals surface area contributed by atoms with Crippen LogP contribution in [0.5, 0.6) is 5.75 Å². The number of aryl methyl sites for hydroxylation is 2. The summed E-state index contributed by atoms with van der Waals surface area (Å²) in [7, 11) is 1.52. The Morgan fingerprint density at radius 1 is 1.00 bits per heavy atom. The minimum Gasteiger partial charge on any atom is -0.495 e. The lowest BCUT2D eigenvalue weighted by Crippen LogP contribution is -2.15. The number of nitrogens with zero attached hydrogens (tertiary/aromatic N) is 1. The van der Waals surface area contributed by atoms with Crippen molar-refractivity contribution in [3.05, 3.63) is 59.3 Å². The normalized spacial score (nSPS) is 10.5. The maximum absolute atomic E-state index is 12.8. The number of amides is 2. The highest BCUT2D eigenvalue weighted by Gasteiger charge is 2.14. The minimum absolute atomic E-state index is 0.221. The van der Waals surface area contributed by atoms with Crippen molar-refractivity contribution in [2.45, 2.75) is 20.8 Å². The molecule has 0 unspecified atom stereocenters. The lowest BCUT2D eigenvalue weighted by atomic mass is 10.1. The van der Waals surface area contributed by atoms with E-state index in [0.29, 0.717) is 28.4 Å². The smallest absolute Gasteiger partial charge is 0.257 e. The molecule has 0 aliphatic carbocycles. The van der Waals surface area contributed by atoms with Crippen LogP contribution in [0, 0.1) is 13.8 Å². The molecule has 1 aromatic heterocycles. The van der Waals surface area contributed by atoms with Crippen LogP contribution < -0.4 is 15.4 Å². The SMILES string of the molecule is COc1ccc(NC(=O)c2cc3cc(C)ccc3nc2C)cc1NC(C)=O. The number of methoxy groups -OCH3 is 1. The molecule has 2 amide bonds. The molecule has 6 heteroatoms. The van der Waals surface area contributed by atoms with Crippen LogP contribution in [0.4, 0.5) is 11.4 Å². The number of hydrogen-bond donors (Lipinski definition) is 2. The lowest BCUT2D eigenvalue weighted by Gasteiger charge is -2.13. The fourth-order valence-electron chi connectivity index (χ4n) is 2.89. The second-order valence-electron chi connectivity index (χ2n) is 6.37. The third kappa shape index (κ3) is 4.06. The second kappa shape index (κ2) is 7.45. The molecule has 27 heavy (non-hydrogen) atoms. The van der Waals surface area contributed by atoms with E-state index in [1.54, 1.807) is 18.2 Å². The van der Waals surface area contributed by atoms with Gasteiger partial charge in [0, 0.05) is 18.0 Å². The summed E-state index contributed by atoms with van der Waals surface area (Å²) in [6.07, 6.45) is 0. The molecule has 0 spiro atoms. The first-order chi connectivity index (χ1) is 12.9. The van der Waals surface area contributed by atoms with Gasteiger partial charge in [-0.25, -0.2) is 0 Å². The second-order valence-corrected chi connectivity index (χ2v) is 6.37. The van der Waals surface area contributed by atoms with Crippen molar-refractivity contribution in [1.82, 2.24) is 4.98 Å². The molecule has 2 aromatic carbocycles. The lowest BCUT2D eigenvalue weighted by molar-refractivity contribution is -0.114. The first kappa shape index (κ1) is 18.4. The number of ether oxygens (including phenoxy) is 1. The molecular formula is C21H21N3O3. The first-order valence-corrected chi connectivity index (χ1v) is 8.52. The van der Waals surface area contributed by atoms with Crippen molar-refractivity contribution in [2.75, 3.05) is 17.7 Å². The molecule has 0 fully saturated rings. The summed E-state index contributed by atoms with van der Waals surface area (Å²) in [4.78, 5) is 28.7. The quantitative estimate of drug-likeness (QED) is 0.732. The van der Waals surface area contributed by atoms with Gasteiger partial charge >= 0.3 is 0 Å². The number of anilines is 2. The number of carbonyl (C=O) groups is 2. The number of nitrogens with one attached hydrogen (secondary N) is 2. The average Bonchev–Trinajstić information content (AvgIpc) is 2.61. The van der Waals surface area contributed by atoms with Crippen molar-refractivity contribution in [2.24, 2.45) is 0 Å². The number of hydrogen-bond acceptors (Lipinski definition) is 4. The Balaban J connectivity index is 1.92. The summed E-state index contributed by atoms with van der Waals surface area (Å²) < 4.78 is 5.23. The zero-order chi connectivity index (χ0) is 19.6. The predicted octanol–water partition coefficient (Wildman–Crippen LogP) is 4.07. The maximum atomic E-state index is 12.8. The van der Waals surface area contributed by atoms with Crippen molar-refractivity contribution >= 4 is 34.1 Å². The molecule has 2 N–H and O–H groups in total. The zero-order valence-electron chi connectivity index (χ0n) is 15.7. The molecule has 3 aromatic rings. The molecule has 0 aliphatic heterocycles. The van der Waals surface area contributed by atoms with E-state index >= 15 is 0 Å². The van der Waals surface area contributed by atoms with Crippen LogP contribution in [0.3, 0.4) is 0 Å². The van der Waals surface area contributed by atoms with Crippen LogP contribution >= 0.6 is 0 Å². The van der Waals surface area contributed by atoms with Crippen molar-refractivity contribution in [3.8, 4) is 5.75 Å². The van der Waals surface area contributed by atoms with Gasteiger partial charge in [-0.1, -0.05) is 11.6 Å². The molecule has 6 nitrogen and oxygen atoms in total. The maximum Gasteiger partial charge on any atom is 0.257 e. The summed E-state index contributed by atoms with van der Waals surface area (Å²) in [5, 5.41) is 6.47. The van der Waals surface area contributed by atoms with Crippen LogP contribution in [0.25, 0.3) is 10.9 Å². The van der Waals surface area contributed by atoms with Gasteiger partial charge < -0.3 is 15.4 Å². The van der Waals surface area contributed by atoms with Crippen molar-refractivity contribution < 1.29 is 14.3 Å². The number of aromatic nitrogens is 1. The van der Waals surface area contributed by atoms with Gasteiger partial charge in [-0.2, -0.15) is 0 Å². The Kier molecular flexibility index (Phi) is 5.07. The van der Waals surface area contributed by atoms with Gasteiger partial charge in [0.05, 0.1) is 29.6 Å². The molecule has 0 saturated carbocycles. The largest absolute Gasteiger partial charge is 0.495 e. The zero-order valence-corrected chi connectivity index (χ0v) is 15.7. The van der Waals surface area contributed by atoms with Crippen LogP contribution in [0.2, 0.25) is 0 Å². The molecule has 3 rings (SSSR count). The fourth-order valence-corrected chi connectivity index (χ4v) is 2.89. The van der Waals surface area contributed by atoms with Crippen LogP contribution in [-0.2, 0) is 4.79 Å². The third-order valence-corrected chi connectivity index (χ3v) is 4.17. The molecule has 138 valence electrons. The van der Waals surface area contributed by atoms with Crippen molar-refractivity contribution in [3.63, 3.8) is 0 Å². The van der Waals surface area contributed by atoms with Gasteiger partial charge in [0.2, 0.25) is 5.91 Å². The molecule has 0 atom stereocenters. The number of carbonyl (C=O) groups excluding carboxylic acids is 2. The Morgan fingerprint density at radius 3 is 2.48 bits per heavy atom. The summed E-state index contributed by atoms with van der Waals surface area (Å²) in [6, 6.07) is 12.9. The highest BCUT2D eigenvalue weighted by Crippen LogP contribution is 2.28. The predicted molar refractivity (Wildman–Crippen MR) is 106 cm³/mol. The molecular weight excluding hydrogens is 342 g/mol. The third-order valence-electron chi connectivity index (χ3n) is 4.17. The molecule has 0 aliphatic rings. The van der Waals surface area contributed by atoms with Gasteiger partial charge in [0.1, 0.15) is 5.75 Å². The van der Waals surface area contributed by atoms with E-state index in [-0.39, 0.29) is 11.8 Å². The van der Waals surface area contributed by atoms with Crippen LogP contribution in [0.15, 0.2) is 42.5 Å². The highest BCUT2D eigenvalue weighted by atomic mass is 16.5. The fraction of sp³-hybridized carbons (Fsp3) is 0.190. The van der Waals surface area contributed by atoms with E-state index in [9.17, 15) is 9.59 Å². The molecule has 0 bridgehead atoms. The van der Waals surface area contributed by atoms with E-state index in [1.807, 2.05) is 38.1 Å². The van der Waals surface area contributed by atoms with Gasteiger partial charge in [-0.15, -0.1) is 0 Å². The summed E-state index contributed by atoms with van der Waals surface area (Å²) in [6.45, 7) is 5.22. The summed E-state index contributed by atoms with van der Waals surface area (Å²) in [5.41, 5.74) is 4.16. The summed E-state index contributed by atoms with van der Waals surface area (Å²) in [5.74, 6) is 0.0336. The highest BCUT2D eigenvalue weighted by molar-refractivity contribution is 6.07.